The number of pyridine rings is 1. The minimum absolute atomic E-state index is 0.229. The SMILES string of the molecule is CCOc1ccc(-c2cc3n(c(=N)c2C#N)CCc2cc4c(cc2-3)OCO4)cc1. The van der Waals surface area contributed by atoms with Gasteiger partial charge < -0.3 is 18.8 Å². The molecule has 2 aromatic carbocycles. The quantitative estimate of drug-likeness (QED) is 0.742. The van der Waals surface area contributed by atoms with Gasteiger partial charge in [0.1, 0.15) is 22.9 Å². The van der Waals surface area contributed by atoms with Crippen LogP contribution in [0, 0.1) is 16.7 Å². The molecule has 0 radical (unpaired) electrons. The van der Waals surface area contributed by atoms with Crippen LogP contribution in [0.1, 0.15) is 18.1 Å². The summed E-state index contributed by atoms with van der Waals surface area (Å²) in [6.07, 6.45) is 0.781. The Hall–Kier alpha value is -3.72. The van der Waals surface area contributed by atoms with E-state index < -0.39 is 0 Å². The van der Waals surface area contributed by atoms with Crippen molar-refractivity contribution in [1.29, 1.82) is 10.7 Å². The van der Waals surface area contributed by atoms with Crippen molar-refractivity contribution in [1.82, 2.24) is 4.57 Å². The smallest absolute Gasteiger partial charge is 0.231 e. The number of nitrogens with one attached hydrogen (secondary N) is 1. The Morgan fingerprint density at radius 2 is 1.86 bits per heavy atom. The maximum absolute atomic E-state index is 9.78. The maximum Gasteiger partial charge on any atom is 0.231 e. The number of nitriles is 1. The predicted octanol–water partition coefficient (Wildman–Crippen LogP) is 3.86. The Kier molecular flexibility index (Phi) is 4.02. The number of rotatable bonds is 3. The first kappa shape index (κ1) is 17.4. The molecular weight excluding hydrogens is 366 g/mol. The lowest BCUT2D eigenvalue weighted by Gasteiger charge is -2.24. The molecule has 0 amide bonds. The van der Waals surface area contributed by atoms with Crippen molar-refractivity contribution in [3.8, 4) is 45.7 Å². The highest BCUT2D eigenvalue weighted by molar-refractivity contribution is 5.78. The molecule has 6 nitrogen and oxygen atoms in total. The summed E-state index contributed by atoms with van der Waals surface area (Å²) in [7, 11) is 0. The van der Waals surface area contributed by atoms with Crippen molar-refractivity contribution in [3.63, 3.8) is 0 Å². The fourth-order valence-corrected chi connectivity index (χ4v) is 4.03. The van der Waals surface area contributed by atoms with Gasteiger partial charge >= 0.3 is 0 Å². The summed E-state index contributed by atoms with van der Waals surface area (Å²) >= 11 is 0. The van der Waals surface area contributed by atoms with Gasteiger partial charge in [0.25, 0.3) is 0 Å². The van der Waals surface area contributed by atoms with Gasteiger partial charge in [-0.3, -0.25) is 5.41 Å². The van der Waals surface area contributed by atoms with Crippen LogP contribution in [-0.4, -0.2) is 18.0 Å². The number of hydrogen-bond acceptors (Lipinski definition) is 5. The van der Waals surface area contributed by atoms with E-state index in [0.717, 1.165) is 51.6 Å². The zero-order valence-corrected chi connectivity index (χ0v) is 16.0. The Labute approximate surface area is 168 Å². The highest BCUT2D eigenvalue weighted by Crippen LogP contribution is 2.41. The minimum atomic E-state index is 0.229. The van der Waals surface area contributed by atoms with Gasteiger partial charge in [0.2, 0.25) is 6.79 Å². The third-order valence-electron chi connectivity index (χ3n) is 5.42. The van der Waals surface area contributed by atoms with Crippen molar-refractivity contribution >= 4 is 0 Å². The Morgan fingerprint density at radius 1 is 1.10 bits per heavy atom. The molecule has 0 saturated heterocycles. The fraction of sp³-hybridized carbons (Fsp3) is 0.217. The van der Waals surface area contributed by atoms with Crippen molar-refractivity contribution in [2.45, 2.75) is 19.9 Å². The Morgan fingerprint density at radius 3 is 2.59 bits per heavy atom. The van der Waals surface area contributed by atoms with Crippen LogP contribution in [0.25, 0.3) is 22.4 Å². The van der Waals surface area contributed by atoms with E-state index in [2.05, 4.69) is 6.07 Å². The van der Waals surface area contributed by atoms with Crippen LogP contribution in [0.15, 0.2) is 42.5 Å². The molecule has 0 saturated carbocycles. The second kappa shape index (κ2) is 6.71. The third kappa shape index (κ3) is 2.74. The molecule has 1 aromatic heterocycles. The van der Waals surface area contributed by atoms with Crippen LogP contribution in [0.2, 0.25) is 0 Å². The molecule has 1 N–H and O–H groups in total. The van der Waals surface area contributed by atoms with Crippen molar-refractivity contribution < 1.29 is 14.2 Å². The average Bonchev–Trinajstić information content (AvgIpc) is 3.20. The first-order valence-electron chi connectivity index (χ1n) is 9.58. The zero-order chi connectivity index (χ0) is 20.0. The number of benzene rings is 2. The van der Waals surface area contributed by atoms with Crippen molar-refractivity contribution in [3.05, 3.63) is 59.1 Å². The maximum atomic E-state index is 9.78. The van der Waals surface area contributed by atoms with E-state index in [-0.39, 0.29) is 12.3 Å². The largest absolute Gasteiger partial charge is 0.494 e. The van der Waals surface area contributed by atoms with E-state index in [4.69, 9.17) is 19.6 Å². The van der Waals surface area contributed by atoms with Gasteiger partial charge in [-0.1, -0.05) is 12.1 Å². The van der Waals surface area contributed by atoms with Crippen LogP contribution in [0.5, 0.6) is 17.2 Å². The summed E-state index contributed by atoms with van der Waals surface area (Å²) in [6.45, 7) is 3.42. The van der Waals surface area contributed by atoms with E-state index in [1.807, 2.05) is 54.0 Å². The van der Waals surface area contributed by atoms with Gasteiger partial charge in [0, 0.05) is 17.7 Å². The summed E-state index contributed by atoms with van der Waals surface area (Å²) in [5, 5.41) is 18.5. The molecule has 144 valence electrons. The normalized spacial score (nSPS) is 13.4. The minimum Gasteiger partial charge on any atom is -0.494 e. The molecule has 2 aliphatic rings. The first-order valence-corrected chi connectivity index (χ1v) is 9.58. The number of ether oxygens (including phenoxy) is 3. The summed E-state index contributed by atoms with van der Waals surface area (Å²) < 4.78 is 18.5. The van der Waals surface area contributed by atoms with E-state index >= 15 is 0 Å². The highest BCUT2D eigenvalue weighted by Gasteiger charge is 2.24. The number of aromatic nitrogens is 1. The standard InChI is InChI=1S/C23H19N3O3/c1-2-27-16-5-3-14(4-6-16)17-10-20-18-11-22-21(28-13-29-22)9-15(18)7-8-26(20)23(25)19(17)12-24/h3-6,9-11,25H,2,7-8,13H2,1H3. The molecule has 6 heteroatoms. The van der Waals surface area contributed by atoms with Gasteiger partial charge in [-0.05, 0) is 54.8 Å². The molecule has 29 heavy (non-hydrogen) atoms. The zero-order valence-electron chi connectivity index (χ0n) is 16.0. The number of nitrogens with zero attached hydrogens (tertiary/aromatic N) is 2. The second-order valence-electron chi connectivity index (χ2n) is 7.00. The molecule has 0 atom stereocenters. The lowest BCUT2D eigenvalue weighted by molar-refractivity contribution is 0.174. The monoisotopic (exact) mass is 385 g/mol. The average molecular weight is 385 g/mol. The summed E-state index contributed by atoms with van der Waals surface area (Å²) in [4.78, 5) is 0. The number of fused-ring (bicyclic) bond motifs is 4. The predicted molar refractivity (Wildman–Crippen MR) is 107 cm³/mol. The molecule has 0 aliphatic carbocycles. The topological polar surface area (TPSA) is 80.3 Å². The summed E-state index contributed by atoms with van der Waals surface area (Å²) in [5.74, 6) is 2.27. The lowest BCUT2D eigenvalue weighted by Crippen LogP contribution is -2.28. The molecule has 3 aromatic rings. The van der Waals surface area contributed by atoms with Crippen LogP contribution in [0.4, 0.5) is 0 Å². The van der Waals surface area contributed by atoms with Crippen LogP contribution in [0.3, 0.4) is 0 Å². The van der Waals surface area contributed by atoms with E-state index in [1.165, 1.54) is 0 Å². The van der Waals surface area contributed by atoms with Crippen LogP contribution in [-0.2, 0) is 13.0 Å². The summed E-state index contributed by atoms with van der Waals surface area (Å²) in [6, 6.07) is 15.9. The molecule has 0 bridgehead atoms. The third-order valence-corrected chi connectivity index (χ3v) is 5.42. The molecule has 3 heterocycles. The summed E-state index contributed by atoms with van der Waals surface area (Å²) in [5.41, 5.74) is 5.34. The van der Waals surface area contributed by atoms with E-state index in [1.54, 1.807) is 0 Å². The molecule has 0 spiro atoms. The highest BCUT2D eigenvalue weighted by atomic mass is 16.7. The Bertz CT molecular complexity index is 1220. The molecule has 5 rings (SSSR count). The second-order valence-corrected chi connectivity index (χ2v) is 7.00. The van der Waals surface area contributed by atoms with Gasteiger partial charge in [0.15, 0.2) is 11.5 Å². The molecule has 0 fully saturated rings. The van der Waals surface area contributed by atoms with Gasteiger partial charge in [-0.25, -0.2) is 0 Å². The molecule has 0 unspecified atom stereocenters. The van der Waals surface area contributed by atoms with Gasteiger partial charge in [-0.15, -0.1) is 0 Å². The molecule has 2 aliphatic heterocycles. The van der Waals surface area contributed by atoms with Crippen LogP contribution >= 0.6 is 0 Å². The first-order chi connectivity index (χ1) is 14.2. The van der Waals surface area contributed by atoms with Gasteiger partial charge in [0.05, 0.1) is 12.3 Å². The lowest BCUT2D eigenvalue weighted by atomic mass is 9.92. The van der Waals surface area contributed by atoms with Crippen molar-refractivity contribution in [2.24, 2.45) is 0 Å². The Balaban J connectivity index is 1.71. The van der Waals surface area contributed by atoms with E-state index in [0.29, 0.717) is 18.7 Å². The van der Waals surface area contributed by atoms with Gasteiger partial charge in [-0.2, -0.15) is 5.26 Å². The van der Waals surface area contributed by atoms with E-state index in [9.17, 15) is 5.26 Å². The van der Waals surface area contributed by atoms with Crippen molar-refractivity contribution in [2.75, 3.05) is 13.4 Å². The number of aryl methyl sites for hydroxylation is 1. The molecular formula is C23H19N3O3. The fourth-order valence-electron chi connectivity index (χ4n) is 4.03. The number of hydrogen-bond donors (Lipinski definition) is 1. The van der Waals surface area contributed by atoms with Crippen LogP contribution < -0.4 is 19.7 Å².